The lowest BCUT2D eigenvalue weighted by Gasteiger charge is -2.05. The molecule has 1 heterocycles. The van der Waals surface area contributed by atoms with Gasteiger partial charge in [-0.3, -0.25) is 4.79 Å². The van der Waals surface area contributed by atoms with E-state index >= 15 is 0 Å². The molecule has 0 fully saturated rings. The van der Waals surface area contributed by atoms with Crippen molar-refractivity contribution in [3.63, 3.8) is 0 Å². The van der Waals surface area contributed by atoms with Crippen molar-refractivity contribution in [1.82, 2.24) is 15.1 Å². The highest BCUT2D eigenvalue weighted by Gasteiger charge is 2.01. The van der Waals surface area contributed by atoms with E-state index in [0.717, 1.165) is 30.8 Å². The highest BCUT2D eigenvalue weighted by molar-refractivity contribution is 5.58. The molecule has 1 aromatic carbocycles. The molecule has 0 saturated heterocycles. The van der Waals surface area contributed by atoms with E-state index in [1.54, 1.807) is 19.2 Å². The minimum Gasteiger partial charge on any atom is -0.317 e. The Morgan fingerprint density at radius 3 is 2.53 bits per heavy atom. The predicted molar refractivity (Wildman–Crippen MR) is 77.2 cm³/mol. The molecule has 0 saturated carbocycles. The summed E-state index contributed by atoms with van der Waals surface area (Å²) in [5.41, 5.74) is 3.06. The molecule has 0 radical (unpaired) electrons. The summed E-state index contributed by atoms with van der Waals surface area (Å²) < 4.78 is 1.36. The molecule has 0 aliphatic rings. The van der Waals surface area contributed by atoms with Crippen LogP contribution in [-0.2, 0) is 13.5 Å². The van der Waals surface area contributed by atoms with Gasteiger partial charge < -0.3 is 5.32 Å². The minimum absolute atomic E-state index is 0.0917. The Morgan fingerprint density at radius 1 is 1.16 bits per heavy atom. The van der Waals surface area contributed by atoms with E-state index in [4.69, 9.17) is 0 Å². The van der Waals surface area contributed by atoms with Crippen LogP contribution in [0.1, 0.15) is 12.5 Å². The Kier molecular flexibility index (Phi) is 4.47. The van der Waals surface area contributed by atoms with Crippen LogP contribution in [0.2, 0.25) is 0 Å². The highest BCUT2D eigenvalue weighted by Crippen LogP contribution is 2.16. The van der Waals surface area contributed by atoms with Crippen molar-refractivity contribution in [2.24, 2.45) is 7.05 Å². The molecule has 0 amide bonds. The van der Waals surface area contributed by atoms with Crippen LogP contribution in [0.5, 0.6) is 0 Å². The van der Waals surface area contributed by atoms with Crippen LogP contribution in [0.25, 0.3) is 11.3 Å². The van der Waals surface area contributed by atoms with Crippen LogP contribution in [-0.4, -0.2) is 22.9 Å². The number of hydrogen-bond donors (Lipinski definition) is 1. The van der Waals surface area contributed by atoms with E-state index in [9.17, 15) is 4.79 Å². The number of benzene rings is 1. The largest absolute Gasteiger partial charge is 0.317 e. The number of likely N-dealkylation sites (N-methyl/N-ethyl adjacent to an activating group) is 1. The maximum Gasteiger partial charge on any atom is 0.266 e. The molecule has 4 nitrogen and oxygen atoms in total. The van der Waals surface area contributed by atoms with Crippen molar-refractivity contribution in [1.29, 1.82) is 0 Å². The van der Waals surface area contributed by atoms with Gasteiger partial charge in [0, 0.05) is 18.7 Å². The number of nitrogens with zero attached hydrogens (tertiary/aromatic N) is 2. The SMILES string of the molecule is CCNCCc1ccc(-c2ccc(=O)n(C)n2)cc1. The Morgan fingerprint density at radius 2 is 1.89 bits per heavy atom. The Labute approximate surface area is 113 Å². The molecule has 1 N–H and O–H groups in total. The third-order valence-corrected chi connectivity index (χ3v) is 3.05. The summed E-state index contributed by atoms with van der Waals surface area (Å²) in [5, 5.41) is 7.55. The zero-order chi connectivity index (χ0) is 13.7. The zero-order valence-electron chi connectivity index (χ0n) is 11.4. The first kappa shape index (κ1) is 13.5. The summed E-state index contributed by atoms with van der Waals surface area (Å²) in [6, 6.07) is 11.6. The van der Waals surface area contributed by atoms with Crippen molar-refractivity contribution in [3.8, 4) is 11.3 Å². The fourth-order valence-corrected chi connectivity index (χ4v) is 1.91. The highest BCUT2D eigenvalue weighted by atomic mass is 16.1. The van der Waals surface area contributed by atoms with E-state index < -0.39 is 0 Å². The number of rotatable bonds is 5. The van der Waals surface area contributed by atoms with Gasteiger partial charge in [0.1, 0.15) is 0 Å². The summed E-state index contributed by atoms with van der Waals surface area (Å²) in [4.78, 5) is 11.3. The van der Waals surface area contributed by atoms with Gasteiger partial charge >= 0.3 is 0 Å². The molecule has 0 spiro atoms. The second-order valence-corrected chi connectivity index (χ2v) is 4.48. The molecule has 0 unspecified atom stereocenters. The molecular weight excluding hydrogens is 238 g/mol. The van der Waals surface area contributed by atoms with Crippen molar-refractivity contribution in [2.45, 2.75) is 13.3 Å². The molecule has 100 valence electrons. The molecule has 2 aromatic rings. The van der Waals surface area contributed by atoms with Crippen molar-refractivity contribution in [3.05, 3.63) is 52.3 Å². The number of nitrogens with one attached hydrogen (secondary N) is 1. The average Bonchev–Trinajstić information content (AvgIpc) is 2.43. The molecule has 0 aliphatic carbocycles. The quantitative estimate of drug-likeness (QED) is 0.828. The van der Waals surface area contributed by atoms with Gasteiger partial charge in [-0.1, -0.05) is 31.2 Å². The van der Waals surface area contributed by atoms with Crippen LogP contribution in [0, 0.1) is 0 Å². The normalized spacial score (nSPS) is 10.6. The molecule has 1 aromatic heterocycles. The monoisotopic (exact) mass is 257 g/mol. The molecule has 0 bridgehead atoms. The average molecular weight is 257 g/mol. The Balaban J connectivity index is 2.13. The molecule has 4 heteroatoms. The predicted octanol–water partition coefficient (Wildman–Crippen LogP) is 1.60. The van der Waals surface area contributed by atoms with Crippen LogP contribution in [0.4, 0.5) is 0 Å². The molecule has 0 atom stereocenters. The Bertz CT molecular complexity index is 587. The van der Waals surface area contributed by atoms with Crippen molar-refractivity contribution in [2.75, 3.05) is 13.1 Å². The van der Waals surface area contributed by atoms with Gasteiger partial charge in [0.2, 0.25) is 0 Å². The second-order valence-electron chi connectivity index (χ2n) is 4.48. The third-order valence-electron chi connectivity index (χ3n) is 3.05. The molecular formula is C15H19N3O. The zero-order valence-corrected chi connectivity index (χ0v) is 11.4. The van der Waals surface area contributed by atoms with Gasteiger partial charge in [0.15, 0.2) is 0 Å². The summed E-state index contributed by atoms with van der Waals surface area (Å²) >= 11 is 0. The van der Waals surface area contributed by atoms with Gasteiger partial charge in [0.25, 0.3) is 5.56 Å². The minimum atomic E-state index is -0.0917. The lowest BCUT2D eigenvalue weighted by atomic mass is 10.1. The maximum atomic E-state index is 11.3. The molecule has 19 heavy (non-hydrogen) atoms. The first-order chi connectivity index (χ1) is 9.20. The fourth-order valence-electron chi connectivity index (χ4n) is 1.91. The summed E-state index contributed by atoms with van der Waals surface area (Å²) in [6.45, 7) is 4.10. The van der Waals surface area contributed by atoms with Gasteiger partial charge in [-0.15, -0.1) is 0 Å². The van der Waals surface area contributed by atoms with Crippen molar-refractivity contribution < 1.29 is 0 Å². The number of aromatic nitrogens is 2. The van der Waals surface area contributed by atoms with E-state index in [-0.39, 0.29) is 5.56 Å². The van der Waals surface area contributed by atoms with Crippen LogP contribution >= 0.6 is 0 Å². The standard InChI is InChI=1S/C15H19N3O/c1-3-16-11-10-12-4-6-13(7-5-12)14-8-9-15(19)18(2)17-14/h4-9,16H,3,10-11H2,1-2H3. The van der Waals surface area contributed by atoms with E-state index in [1.165, 1.54) is 10.2 Å². The lowest BCUT2D eigenvalue weighted by molar-refractivity contribution is 0.711. The van der Waals surface area contributed by atoms with Crippen LogP contribution in [0.3, 0.4) is 0 Å². The molecule has 0 aliphatic heterocycles. The number of aryl methyl sites for hydroxylation is 1. The summed E-state index contributed by atoms with van der Waals surface area (Å²) in [7, 11) is 1.66. The smallest absolute Gasteiger partial charge is 0.266 e. The Hall–Kier alpha value is -1.94. The van der Waals surface area contributed by atoms with Crippen molar-refractivity contribution >= 4 is 0 Å². The first-order valence-electron chi connectivity index (χ1n) is 6.55. The maximum absolute atomic E-state index is 11.3. The first-order valence-corrected chi connectivity index (χ1v) is 6.55. The third kappa shape index (κ3) is 3.51. The second kappa shape index (κ2) is 6.29. The molecule has 2 rings (SSSR count). The van der Waals surface area contributed by atoms with E-state index in [0.29, 0.717) is 0 Å². The number of hydrogen-bond acceptors (Lipinski definition) is 3. The van der Waals surface area contributed by atoms with E-state index in [2.05, 4.69) is 29.5 Å². The van der Waals surface area contributed by atoms with Crippen LogP contribution in [0.15, 0.2) is 41.2 Å². The fraction of sp³-hybridized carbons (Fsp3) is 0.333. The van der Waals surface area contributed by atoms with E-state index in [1.807, 2.05) is 12.1 Å². The lowest BCUT2D eigenvalue weighted by Crippen LogP contribution is -2.18. The summed E-state index contributed by atoms with van der Waals surface area (Å²) in [5.74, 6) is 0. The summed E-state index contributed by atoms with van der Waals surface area (Å²) in [6.07, 6.45) is 1.02. The van der Waals surface area contributed by atoms with Gasteiger partial charge in [-0.05, 0) is 31.1 Å². The van der Waals surface area contributed by atoms with Gasteiger partial charge in [0.05, 0.1) is 5.69 Å². The van der Waals surface area contributed by atoms with Crippen LogP contribution < -0.4 is 10.9 Å². The van der Waals surface area contributed by atoms with Gasteiger partial charge in [-0.2, -0.15) is 5.10 Å². The van der Waals surface area contributed by atoms with Gasteiger partial charge in [-0.25, -0.2) is 4.68 Å². The topological polar surface area (TPSA) is 46.9 Å².